The first kappa shape index (κ1) is 13.3. The second kappa shape index (κ2) is 5.33. The lowest BCUT2D eigenvalue weighted by molar-refractivity contribution is 0.562. The van der Waals surface area contributed by atoms with Gasteiger partial charge in [0, 0.05) is 22.3 Å². The predicted molar refractivity (Wildman–Crippen MR) is 75.0 cm³/mol. The van der Waals surface area contributed by atoms with Crippen LogP contribution in [0.15, 0.2) is 39.9 Å². The summed E-state index contributed by atoms with van der Waals surface area (Å²) in [7, 11) is 0. The smallest absolute Gasteiger partial charge is 0.309 e. The standard InChI is InChI=1S/C12H9ClN6O2/c13-8-3-1-7(2-4-8)11-16-18-19(17-11)6-9-5-10(20)15-12(21)14-9/h1-5H,6H2,(H2,14,15,20,21). The van der Waals surface area contributed by atoms with E-state index in [9.17, 15) is 9.59 Å². The third kappa shape index (κ3) is 3.06. The van der Waals surface area contributed by atoms with E-state index in [-0.39, 0.29) is 6.54 Å². The van der Waals surface area contributed by atoms with Crippen molar-refractivity contribution >= 4 is 11.6 Å². The van der Waals surface area contributed by atoms with E-state index in [1.807, 2.05) is 0 Å². The van der Waals surface area contributed by atoms with Gasteiger partial charge in [-0.2, -0.15) is 4.80 Å². The van der Waals surface area contributed by atoms with Gasteiger partial charge in [0.2, 0.25) is 5.82 Å². The summed E-state index contributed by atoms with van der Waals surface area (Å²) in [5.41, 5.74) is 0.108. The van der Waals surface area contributed by atoms with Crippen LogP contribution in [0.4, 0.5) is 0 Å². The number of benzene rings is 1. The Labute approximate surface area is 122 Å². The zero-order valence-electron chi connectivity index (χ0n) is 10.6. The van der Waals surface area contributed by atoms with Crippen molar-refractivity contribution in [1.29, 1.82) is 0 Å². The van der Waals surface area contributed by atoms with Crippen molar-refractivity contribution in [3.63, 3.8) is 0 Å². The Hall–Kier alpha value is -2.74. The van der Waals surface area contributed by atoms with Crippen molar-refractivity contribution in [3.8, 4) is 11.4 Å². The first-order valence-electron chi connectivity index (χ1n) is 5.96. The van der Waals surface area contributed by atoms with Crippen LogP contribution in [0.3, 0.4) is 0 Å². The van der Waals surface area contributed by atoms with E-state index >= 15 is 0 Å². The lowest BCUT2D eigenvalue weighted by atomic mass is 10.2. The van der Waals surface area contributed by atoms with Crippen LogP contribution in [-0.4, -0.2) is 30.2 Å². The SMILES string of the molecule is O=c1cc(Cn2nnc(-c3ccc(Cl)cc3)n2)[nH]c(=O)[nH]1. The molecule has 0 bridgehead atoms. The summed E-state index contributed by atoms with van der Waals surface area (Å²) in [4.78, 5) is 28.2. The summed E-state index contributed by atoms with van der Waals surface area (Å²) in [6.45, 7) is 0.139. The number of aromatic nitrogens is 6. The minimum absolute atomic E-state index is 0.139. The minimum atomic E-state index is -0.574. The second-order valence-electron chi connectivity index (χ2n) is 4.26. The van der Waals surface area contributed by atoms with Gasteiger partial charge in [-0.25, -0.2) is 4.79 Å². The van der Waals surface area contributed by atoms with E-state index in [0.717, 1.165) is 5.56 Å². The van der Waals surface area contributed by atoms with Crippen molar-refractivity contribution in [2.45, 2.75) is 6.54 Å². The molecule has 0 aliphatic heterocycles. The quantitative estimate of drug-likeness (QED) is 0.728. The van der Waals surface area contributed by atoms with Gasteiger partial charge in [-0.1, -0.05) is 11.6 Å². The first-order chi connectivity index (χ1) is 10.1. The van der Waals surface area contributed by atoms with Crippen LogP contribution in [0.25, 0.3) is 11.4 Å². The minimum Gasteiger partial charge on any atom is -0.309 e. The van der Waals surface area contributed by atoms with E-state index in [2.05, 4.69) is 25.4 Å². The van der Waals surface area contributed by atoms with Gasteiger partial charge in [0.25, 0.3) is 5.56 Å². The van der Waals surface area contributed by atoms with Crippen LogP contribution in [0.2, 0.25) is 5.02 Å². The van der Waals surface area contributed by atoms with E-state index < -0.39 is 11.2 Å². The molecule has 1 aromatic carbocycles. The zero-order chi connectivity index (χ0) is 14.8. The fourth-order valence-electron chi connectivity index (χ4n) is 1.78. The van der Waals surface area contributed by atoms with Crippen molar-refractivity contribution in [2.24, 2.45) is 0 Å². The maximum Gasteiger partial charge on any atom is 0.325 e. The molecular weight excluding hydrogens is 296 g/mol. The monoisotopic (exact) mass is 304 g/mol. The van der Waals surface area contributed by atoms with Crippen LogP contribution < -0.4 is 11.2 Å². The molecule has 0 aliphatic carbocycles. The highest BCUT2D eigenvalue weighted by Crippen LogP contribution is 2.16. The summed E-state index contributed by atoms with van der Waals surface area (Å²) in [5, 5.41) is 12.6. The lowest BCUT2D eigenvalue weighted by Gasteiger charge is -1.98. The summed E-state index contributed by atoms with van der Waals surface area (Å²) in [6, 6.07) is 8.28. The van der Waals surface area contributed by atoms with Crippen LogP contribution in [0.1, 0.15) is 5.69 Å². The number of tetrazole rings is 1. The van der Waals surface area contributed by atoms with E-state index in [0.29, 0.717) is 16.5 Å². The number of aromatic amines is 2. The van der Waals surface area contributed by atoms with Gasteiger partial charge in [0.15, 0.2) is 0 Å². The molecule has 0 fully saturated rings. The average molecular weight is 305 g/mol. The van der Waals surface area contributed by atoms with E-state index in [1.165, 1.54) is 10.9 Å². The molecule has 3 aromatic rings. The fourth-order valence-corrected chi connectivity index (χ4v) is 1.91. The Morgan fingerprint density at radius 3 is 2.62 bits per heavy atom. The van der Waals surface area contributed by atoms with Crippen LogP contribution in [-0.2, 0) is 6.54 Å². The number of nitrogens with zero attached hydrogens (tertiary/aromatic N) is 4. The highest BCUT2D eigenvalue weighted by Gasteiger charge is 2.07. The molecule has 0 spiro atoms. The van der Waals surface area contributed by atoms with Gasteiger partial charge in [0.05, 0.1) is 0 Å². The Morgan fingerprint density at radius 1 is 1.14 bits per heavy atom. The van der Waals surface area contributed by atoms with Crippen molar-refractivity contribution < 1.29 is 0 Å². The molecule has 0 unspecified atom stereocenters. The number of hydrogen-bond acceptors (Lipinski definition) is 5. The van der Waals surface area contributed by atoms with E-state index in [1.54, 1.807) is 24.3 Å². The highest BCUT2D eigenvalue weighted by atomic mass is 35.5. The fraction of sp³-hybridized carbons (Fsp3) is 0.0833. The van der Waals surface area contributed by atoms with Crippen LogP contribution >= 0.6 is 11.6 Å². The summed E-state index contributed by atoms with van der Waals surface area (Å²) in [5.74, 6) is 0.429. The number of hydrogen-bond donors (Lipinski definition) is 2. The molecule has 0 saturated heterocycles. The van der Waals surface area contributed by atoms with Gasteiger partial charge >= 0.3 is 5.69 Å². The number of halogens is 1. The summed E-state index contributed by atoms with van der Waals surface area (Å²) < 4.78 is 0. The van der Waals surface area contributed by atoms with Gasteiger partial charge in [-0.15, -0.1) is 10.2 Å². The molecule has 21 heavy (non-hydrogen) atoms. The third-order valence-electron chi connectivity index (χ3n) is 2.68. The molecule has 0 radical (unpaired) electrons. The lowest BCUT2D eigenvalue weighted by Crippen LogP contribution is -2.24. The summed E-state index contributed by atoms with van der Waals surface area (Å²) in [6.07, 6.45) is 0. The average Bonchev–Trinajstić information content (AvgIpc) is 2.87. The zero-order valence-corrected chi connectivity index (χ0v) is 11.3. The molecular formula is C12H9ClN6O2. The third-order valence-corrected chi connectivity index (χ3v) is 2.94. The molecule has 106 valence electrons. The number of H-pyrrole nitrogens is 2. The van der Waals surface area contributed by atoms with E-state index in [4.69, 9.17) is 11.6 Å². The van der Waals surface area contributed by atoms with Crippen molar-refractivity contribution in [3.05, 3.63) is 61.9 Å². The molecule has 2 heterocycles. The number of rotatable bonds is 3. The van der Waals surface area contributed by atoms with Gasteiger partial charge in [0.1, 0.15) is 6.54 Å². The topological polar surface area (TPSA) is 109 Å². The van der Waals surface area contributed by atoms with Gasteiger partial charge in [-0.3, -0.25) is 9.78 Å². The largest absolute Gasteiger partial charge is 0.325 e. The van der Waals surface area contributed by atoms with Crippen LogP contribution in [0, 0.1) is 0 Å². The Balaban J connectivity index is 1.86. The molecule has 8 nitrogen and oxygen atoms in total. The summed E-state index contributed by atoms with van der Waals surface area (Å²) >= 11 is 5.81. The second-order valence-corrected chi connectivity index (χ2v) is 4.70. The normalized spacial score (nSPS) is 10.7. The molecule has 0 aliphatic rings. The first-order valence-corrected chi connectivity index (χ1v) is 6.34. The number of nitrogens with one attached hydrogen (secondary N) is 2. The maximum atomic E-state index is 11.2. The van der Waals surface area contributed by atoms with Crippen LogP contribution in [0.5, 0.6) is 0 Å². The Kier molecular flexibility index (Phi) is 3.36. The molecule has 2 N–H and O–H groups in total. The van der Waals surface area contributed by atoms with Crippen molar-refractivity contribution in [1.82, 2.24) is 30.2 Å². The Bertz CT molecular complexity index is 851. The molecule has 0 saturated carbocycles. The Morgan fingerprint density at radius 2 is 1.90 bits per heavy atom. The highest BCUT2D eigenvalue weighted by molar-refractivity contribution is 6.30. The molecule has 0 atom stereocenters. The maximum absolute atomic E-state index is 11.2. The molecule has 3 rings (SSSR count). The van der Waals surface area contributed by atoms with Gasteiger partial charge in [-0.05, 0) is 29.5 Å². The van der Waals surface area contributed by atoms with Crippen molar-refractivity contribution in [2.75, 3.05) is 0 Å². The molecule has 2 aromatic heterocycles. The molecule has 9 heteroatoms. The molecule has 0 amide bonds. The predicted octanol–water partition coefficient (Wildman–Crippen LogP) is 0.418. The van der Waals surface area contributed by atoms with Gasteiger partial charge < -0.3 is 4.98 Å².